The molecule has 0 radical (unpaired) electrons. The van der Waals surface area contributed by atoms with E-state index in [1.807, 2.05) is 19.3 Å². The minimum atomic E-state index is 0.821. The molecule has 0 aliphatic carbocycles. The second-order valence-electron chi connectivity index (χ2n) is 4.37. The van der Waals surface area contributed by atoms with E-state index < -0.39 is 0 Å². The Kier molecular flexibility index (Phi) is 4.25. The molecule has 0 aromatic carbocycles. The molecule has 1 aromatic heterocycles. The molecule has 0 amide bonds. The van der Waals surface area contributed by atoms with Crippen LogP contribution in [0, 0.1) is 6.92 Å². The summed E-state index contributed by atoms with van der Waals surface area (Å²) in [7, 11) is 0. The van der Waals surface area contributed by atoms with Crippen molar-refractivity contribution in [1.82, 2.24) is 20.2 Å². The fourth-order valence-electron chi connectivity index (χ4n) is 1.97. The first-order chi connectivity index (χ1) is 7.84. The summed E-state index contributed by atoms with van der Waals surface area (Å²) in [6, 6.07) is 0. The average Bonchev–Trinajstić information content (AvgIpc) is 2.80. The Labute approximate surface area is 97.1 Å². The molecule has 0 atom stereocenters. The molecule has 4 nitrogen and oxygen atoms in total. The highest BCUT2D eigenvalue weighted by molar-refractivity contribution is 5.00. The van der Waals surface area contributed by atoms with Crippen LogP contribution in [0.25, 0.3) is 0 Å². The molecule has 1 aliphatic rings. The van der Waals surface area contributed by atoms with E-state index in [9.17, 15) is 0 Å². The first-order valence-corrected chi connectivity index (χ1v) is 6.05. The van der Waals surface area contributed by atoms with Crippen molar-refractivity contribution in [2.24, 2.45) is 0 Å². The third-order valence-corrected chi connectivity index (χ3v) is 2.94. The number of rotatable bonds is 5. The van der Waals surface area contributed by atoms with Gasteiger partial charge in [-0.2, -0.15) is 0 Å². The first-order valence-electron chi connectivity index (χ1n) is 6.05. The Hall–Kier alpha value is -1.00. The van der Waals surface area contributed by atoms with Crippen molar-refractivity contribution in [3.05, 3.63) is 23.8 Å². The maximum atomic E-state index is 4.31. The molecular weight excluding hydrogens is 200 g/mol. The molecule has 1 fully saturated rings. The van der Waals surface area contributed by atoms with Gasteiger partial charge in [0.25, 0.3) is 0 Å². The molecule has 2 rings (SSSR count). The van der Waals surface area contributed by atoms with Crippen molar-refractivity contribution in [2.45, 2.75) is 26.3 Å². The van der Waals surface area contributed by atoms with Gasteiger partial charge < -0.3 is 10.2 Å². The zero-order chi connectivity index (χ0) is 11.2. The van der Waals surface area contributed by atoms with Crippen molar-refractivity contribution in [2.75, 3.05) is 26.2 Å². The molecule has 4 heteroatoms. The molecule has 0 bridgehead atoms. The van der Waals surface area contributed by atoms with E-state index in [1.165, 1.54) is 25.9 Å². The molecular formula is C12H20N4. The molecule has 1 aromatic rings. The van der Waals surface area contributed by atoms with Gasteiger partial charge in [-0.25, -0.2) is 0 Å². The summed E-state index contributed by atoms with van der Waals surface area (Å²) in [6.07, 6.45) is 6.39. The number of aromatic nitrogens is 2. The number of aryl methyl sites for hydroxylation is 1. The van der Waals surface area contributed by atoms with Gasteiger partial charge in [0.1, 0.15) is 0 Å². The smallest absolute Gasteiger partial charge is 0.0724 e. The summed E-state index contributed by atoms with van der Waals surface area (Å²) >= 11 is 0. The summed E-state index contributed by atoms with van der Waals surface area (Å²) < 4.78 is 0. The highest BCUT2D eigenvalue weighted by atomic mass is 15.1. The van der Waals surface area contributed by atoms with Gasteiger partial charge in [-0.15, -0.1) is 0 Å². The van der Waals surface area contributed by atoms with Crippen LogP contribution in [0.4, 0.5) is 0 Å². The van der Waals surface area contributed by atoms with Crippen LogP contribution in [0.2, 0.25) is 0 Å². The maximum Gasteiger partial charge on any atom is 0.0724 e. The summed E-state index contributed by atoms with van der Waals surface area (Å²) in [5.74, 6) is 0. The Balaban J connectivity index is 1.62. The van der Waals surface area contributed by atoms with E-state index in [2.05, 4.69) is 20.2 Å². The lowest BCUT2D eigenvalue weighted by atomic mass is 10.4. The third kappa shape index (κ3) is 3.54. The minimum Gasteiger partial charge on any atom is -0.310 e. The number of nitrogens with one attached hydrogen (secondary N) is 1. The summed E-state index contributed by atoms with van der Waals surface area (Å²) in [4.78, 5) is 11.0. The molecule has 16 heavy (non-hydrogen) atoms. The second-order valence-corrected chi connectivity index (χ2v) is 4.37. The van der Waals surface area contributed by atoms with E-state index in [-0.39, 0.29) is 0 Å². The minimum absolute atomic E-state index is 0.821. The average molecular weight is 220 g/mol. The van der Waals surface area contributed by atoms with Gasteiger partial charge in [-0.3, -0.25) is 9.97 Å². The number of hydrogen-bond acceptors (Lipinski definition) is 4. The quantitative estimate of drug-likeness (QED) is 0.751. The highest BCUT2D eigenvalue weighted by Gasteiger charge is 2.09. The Bertz CT molecular complexity index is 303. The van der Waals surface area contributed by atoms with Crippen LogP contribution < -0.4 is 5.32 Å². The standard InChI is InChI=1S/C12H20N4/c1-11-8-15-12(10-14-11)9-13-4-7-16-5-2-3-6-16/h8,10,13H,2-7,9H2,1H3. The Morgan fingerprint density at radius 3 is 2.75 bits per heavy atom. The topological polar surface area (TPSA) is 41.1 Å². The van der Waals surface area contributed by atoms with Crippen molar-refractivity contribution in [3.63, 3.8) is 0 Å². The zero-order valence-corrected chi connectivity index (χ0v) is 9.95. The summed E-state index contributed by atoms with van der Waals surface area (Å²) in [5.41, 5.74) is 1.99. The molecule has 1 aliphatic heterocycles. The summed E-state index contributed by atoms with van der Waals surface area (Å²) in [5, 5.41) is 3.40. The third-order valence-electron chi connectivity index (χ3n) is 2.94. The van der Waals surface area contributed by atoms with Gasteiger partial charge in [-0.1, -0.05) is 0 Å². The fraction of sp³-hybridized carbons (Fsp3) is 0.667. The van der Waals surface area contributed by atoms with E-state index in [0.29, 0.717) is 0 Å². The molecule has 0 spiro atoms. The van der Waals surface area contributed by atoms with Crippen LogP contribution in [0.15, 0.2) is 12.4 Å². The number of hydrogen-bond donors (Lipinski definition) is 1. The summed E-state index contributed by atoms with van der Waals surface area (Å²) in [6.45, 7) is 7.51. The van der Waals surface area contributed by atoms with Crippen LogP contribution in [0.5, 0.6) is 0 Å². The SMILES string of the molecule is Cc1cnc(CNCCN2CCCC2)cn1. The van der Waals surface area contributed by atoms with E-state index >= 15 is 0 Å². The van der Waals surface area contributed by atoms with E-state index in [1.54, 1.807) is 0 Å². The molecule has 1 saturated heterocycles. The normalized spacial score (nSPS) is 16.8. The number of nitrogens with zero attached hydrogens (tertiary/aromatic N) is 3. The van der Waals surface area contributed by atoms with Crippen LogP contribution >= 0.6 is 0 Å². The van der Waals surface area contributed by atoms with E-state index in [4.69, 9.17) is 0 Å². The highest BCUT2D eigenvalue weighted by Crippen LogP contribution is 2.05. The van der Waals surface area contributed by atoms with Crippen molar-refractivity contribution >= 4 is 0 Å². The van der Waals surface area contributed by atoms with Crippen LogP contribution in [0.1, 0.15) is 24.2 Å². The zero-order valence-electron chi connectivity index (χ0n) is 9.95. The van der Waals surface area contributed by atoms with E-state index in [0.717, 1.165) is 31.0 Å². The van der Waals surface area contributed by atoms with Gasteiger partial charge in [0.2, 0.25) is 0 Å². The van der Waals surface area contributed by atoms with Gasteiger partial charge in [-0.05, 0) is 32.9 Å². The number of likely N-dealkylation sites (tertiary alicyclic amines) is 1. The van der Waals surface area contributed by atoms with Gasteiger partial charge >= 0.3 is 0 Å². The predicted octanol–water partition coefficient (Wildman–Crippen LogP) is 0.970. The Morgan fingerprint density at radius 2 is 2.06 bits per heavy atom. The van der Waals surface area contributed by atoms with Crippen LogP contribution in [-0.2, 0) is 6.54 Å². The largest absolute Gasteiger partial charge is 0.310 e. The van der Waals surface area contributed by atoms with Gasteiger partial charge in [0.15, 0.2) is 0 Å². The molecule has 88 valence electrons. The predicted molar refractivity (Wildman–Crippen MR) is 64.1 cm³/mol. The lowest BCUT2D eigenvalue weighted by Crippen LogP contribution is -2.29. The first kappa shape index (κ1) is 11.5. The molecule has 0 unspecified atom stereocenters. The van der Waals surface area contributed by atoms with Crippen LogP contribution in [0.3, 0.4) is 0 Å². The lowest BCUT2D eigenvalue weighted by Gasteiger charge is -2.14. The van der Waals surface area contributed by atoms with Gasteiger partial charge in [0, 0.05) is 32.0 Å². The molecule has 2 heterocycles. The molecule has 1 N–H and O–H groups in total. The van der Waals surface area contributed by atoms with Crippen molar-refractivity contribution < 1.29 is 0 Å². The van der Waals surface area contributed by atoms with Crippen molar-refractivity contribution in [3.8, 4) is 0 Å². The monoisotopic (exact) mass is 220 g/mol. The Morgan fingerprint density at radius 1 is 1.25 bits per heavy atom. The lowest BCUT2D eigenvalue weighted by molar-refractivity contribution is 0.335. The molecule has 0 saturated carbocycles. The second kappa shape index (κ2) is 5.92. The maximum absolute atomic E-state index is 4.31. The fourth-order valence-corrected chi connectivity index (χ4v) is 1.97. The van der Waals surface area contributed by atoms with Gasteiger partial charge in [0.05, 0.1) is 11.4 Å². The van der Waals surface area contributed by atoms with Crippen LogP contribution in [-0.4, -0.2) is 41.0 Å². The van der Waals surface area contributed by atoms with Crippen molar-refractivity contribution in [1.29, 1.82) is 0 Å².